The van der Waals surface area contributed by atoms with Crippen LogP contribution in [0.4, 0.5) is 0 Å². The SMILES string of the molecule is CCc1nc(C(C)N)[nH]c1CC. The summed E-state index contributed by atoms with van der Waals surface area (Å²) >= 11 is 0. The van der Waals surface area contributed by atoms with Crippen LogP contribution in [0.15, 0.2) is 0 Å². The molecule has 1 aromatic rings. The Morgan fingerprint density at radius 2 is 2.08 bits per heavy atom. The quantitative estimate of drug-likeness (QED) is 0.717. The Labute approximate surface area is 73.4 Å². The van der Waals surface area contributed by atoms with Crippen LogP contribution in [-0.2, 0) is 12.8 Å². The highest BCUT2D eigenvalue weighted by Gasteiger charge is 2.08. The normalized spacial score (nSPS) is 13.3. The topological polar surface area (TPSA) is 54.7 Å². The van der Waals surface area contributed by atoms with Gasteiger partial charge in [0.1, 0.15) is 5.82 Å². The zero-order chi connectivity index (χ0) is 9.14. The fraction of sp³-hybridized carbons (Fsp3) is 0.667. The van der Waals surface area contributed by atoms with Crippen molar-refractivity contribution in [3.05, 3.63) is 17.2 Å². The molecule has 0 saturated carbocycles. The summed E-state index contributed by atoms with van der Waals surface area (Å²) in [6.45, 7) is 6.18. The molecule has 0 aliphatic carbocycles. The monoisotopic (exact) mass is 167 g/mol. The van der Waals surface area contributed by atoms with E-state index in [1.807, 2.05) is 6.92 Å². The van der Waals surface area contributed by atoms with Crippen LogP contribution in [0.5, 0.6) is 0 Å². The summed E-state index contributed by atoms with van der Waals surface area (Å²) in [4.78, 5) is 7.66. The van der Waals surface area contributed by atoms with Gasteiger partial charge in [-0.1, -0.05) is 13.8 Å². The molecule has 3 heteroatoms. The first kappa shape index (κ1) is 9.26. The third-order valence-corrected chi connectivity index (χ3v) is 2.00. The second-order valence-electron chi connectivity index (χ2n) is 3.04. The highest BCUT2D eigenvalue weighted by molar-refractivity contribution is 5.15. The number of hydrogen-bond acceptors (Lipinski definition) is 2. The van der Waals surface area contributed by atoms with Crippen LogP contribution in [-0.4, -0.2) is 9.97 Å². The van der Waals surface area contributed by atoms with Gasteiger partial charge in [-0.05, 0) is 19.8 Å². The average molecular weight is 167 g/mol. The van der Waals surface area contributed by atoms with Crippen LogP contribution in [0.1, 0.15) is 44.0 Å². The van der Waals surface area contributed by atoms with Gasteiger partial charge in [0.15, 0.2) is 0 Å². The van der Waals surface area contributed by atoms with E-state index < -0.39 is 0 Å². The Morgan fingerprint density at radius 3 is 2.42 bits per heavy atom. The van der Waals surface area contributed by atoms with Gasteiger partial charge in [0.2, 0.25) is 0 Å². The number of H-pyrrole nitrogens is 1. The van der Waals surface area contributed by atoms with Crippen molar-refractivity contribution in [2.75, 3.05) is 0 Å². The summed E-state index contributed by atoms with van der Waals surface area (Å²) in [5, 5.41) is 0. The summed E-state index contributed by atoms with van der Waals surface area (Å²) < 4.78 is 0. The maximum atomic E-state index is 5.71. The number of nitrogens with two attached hydrogens (primary N) is 1. The summed E-state index contributed by atoms with van der Waals surface area (Å²) in [6.07, 6.45) is 1.98. The molecule has 0 spiro atoms. The Morgan fingerprint density at radius 1 is 1.42 bits per heavy atom. The van der Waals surface area contributed by atoms with Gasteiger partial charge in [0.05, 0.1) is 11.7 Å². The minimum Gasteiger partial charge on any atom is -0.344 e. The Kier molecular flexibility index (Phi) is 2.87. The van der Waals surface area contributed by atoms with Crippen molar-refractivity contribution in [1.82, 2.24) is 9.97 Å². The molecule has 3 nitrogen and oxygen atoms in total. The number of nitrogens with one attached hydrogen (secondary N) is 1. The fourth-order valence-electron chi connectivity index (χ4n) is 1.27. The first-order valence-electron chi connectivity index (χ1n) is 4.52. The Balaban J connectivity index is 2.97. The molecule has 0 aromatic carbocycles. The molecule has 1 heterocycles. The first-order chi connectivity index (χ1) is 5.69. The molecule has 1 aromatic heterocycles. The van der Waals surface area contributed by atoms with E-state index >= 15 is 0 Å². The van der Waals surface area contributed by atoms with E-state index in [0.717, 1.165) is 24.4 Å². The van der Waals surface area contributed by atoms with Crippen LogP contribution in [0, 0.1) is 0 Å². The molecular formula is C9H17N3. The zero-order valence-electron chi connectivity index (χ0n) is 8.02. The van der Waals surface area contributed by atoms with Crippen molar-refractivity contribution in [1.29, 1.82) is 0 Å². The Hall–Kier alpha value is -0.830. The summed E-state index contributed by atoms with van der Waals surface area (Å²) in [6, 6.07) is 0.00981. The van der Waals surface area contributed by atoms with Gasteiger partial charge >= 0.3 is 0 Å². The molecule has 0 aliphatic rings. The second-order valence-corrected chi connectivity index (χ2v) is 3.04. The number of nitrogens with zero attached hydrogens (tertiary/aromatic N) is 1. The molecule has 1 atom stereocenters. The van der Waals surface area contributed by atoms with Crippen LogP contribution in [0.2, 0.25) is 0 Å². The van der Waals surface area contributed by atoms with E-state index in [1.165, 1.54) is 5.69 Å². The van der Waals surface area contributed by atoms with E-state index in [-0.39, 0.29) is 6.04 Å². The molecule has 12 heavy (non-hydrogen) atoms. The highest BCUT2D eigenvalue weighted by atomic mass is 15.0. The van der Waals surface area contributed by atoms with Gasteiger partial charge in [-0.2, -0.15) is 0 Å². The lowest BCUT2D eigenvalue weighted by Crippen LogP contribution is -2.06. The number of rotatable bonds is 3. The number of aromatic nitrogens is 2. The lowest BCUT2D eigenvalue weighted by atomic mass is 10.2. The molecule has 0 aliphatic heterocycles. The van der Waals surface area contributed by atoms with E-state index in [0.29, 0.717) is 0 Å². The maximum Gasteiger partial charge on any atom is 0.123 e. The third-order valence-electron chi connectivity index (χ3n) is 2.00. The lowest BCUT2D eigenvalue weighted by Gasteiger charge is -1.97. The minimum absolute atomic E-state index is 0.00981. The van der Waals surface area contributed by atoms with Gasteiger partial charge in [-0.3, -0.25) is 0 Å². The van der Waals surface area contributed by atoms with E-state index in [1.54, 1.807) is 0 Å². The van der Waals surface area contributed by atoms with Crippen LogP contribution >= 0.6 is 0 Å². The molecule has 0 saturated heterocycles. The van der Waals surface area contributed by atoms with Gasteiger partial charge in [0, 0.05) is 5.69 Å². The van der Waals surface area contributed by atoms with Crippen molar-refractivity contribution >= 4 is 0 Å². The lowest BCUT2D eigenvalue weighted by molar-refractivity contribution is 0.749. The van der Waals surface area contributed by atoms with Gasteiger partial charge < -0.3 is 10.7 Å². The van der Waals surface area contributed by atoms with Crippen molar-refractivity contribution in [2.24, 2.45) is 5.73 Å². The molecule has 0 amide bonds. The molecule has 68 valence electrons. The predicted molar refractivity (Wildman–Crippen MR) is 49.9 cm³/mol. The minimum atomic E-state index is 0.00981. The van der Waals surface area contributed by atoms with Gasteiger partial charge in [-0.25, -0.2) is 4.98 Å². The van der Waals surface area contributed by atoms with Crippen molar-refractivity contribution < 1.29 is 0 Å². The fourth-order valence-corrected chi connectivity index (χ4v) is 1.27. The zero-order valence-corrected chi connectivity index (χ0v) is 8.02. The number of aromatic amines is 1. The number of imidazole rings is 1. The number of aryl methyl sites for hydroxylation is 2. The van der Waals surface area contributed by atoms with Crippen LogP contribution in [0.25, 0.3) is 0 Å². The Bertz CT molecular complexity index is 229. The largest absolute Gasteiger partial charge is 0.344 e. The molecule has 0 radical (unpaired) electrons. The molecule has 0 bridgehead atoms. The van der Waals surface area contributed by atoms with Crippen LogP contribution in [0.3, 0.4) is 0 Å². The first-order valence-corrected chi connectivity index (χ1v) is 4.52. The van der Waals surface area contributed by atoms with Crippen molar-refractivity contribution in [3.8, 4) is 0 Å². The number of hydrogen-bond donors (Lipinski definition) is 2. The van der Waals surface area contributed by atoms with Crippen LogP contribution < -0.4 is 5.73 Å². The average Bonchev–Trinajstić information content (AvgIpc) is 2.46. The van der Waals surface area contributed by atoms with Gasteiger partial charge in [-0.15, -0.1) is 0 Å². The molecular weight excluding hydrogens is 150 g/mol. The third kappa shape index (κ3) is 1.67. The molecule has 0 fully saturated rings. The molecule has 1 rings (SSSR count). The van der Waals surface area contributed by atoms with E-state index in [9.17, 15) is 0 Å². The smallest absolute Gasteiger partial charge is 0.123 e. The summed E-state index contributed by atoms with van der Waals surface area (Å²) in [5.74, 6) is 0.906. The maximum absolute atomic E-state index is 5.71. The summed E-state index contributed by atoms with van der Waals surface area (Å²) in [5.41, 5.74) is 8.10. The van der Waals surface area contributed by atoms with E-state index in [2.05, 4.69) is 23.8 Å². The van der Waals surface area contributed by atoms with E-state index in [4.69, 9.17) is 5.73 Å². The van der Waals surface area contributed by atoms with Crippen molar-refractivity contribution in [3.63, 3.8) is 0 Å². The second kappa shape index (κ2) is 3.72. The summed E-state index contributed by atoms with van der Waals surface area (Å²) in [7, 11) is 0. The standard InChI is InChI=1S/C9H17N3/c1-4-7-8(5-2)12-9(11-7)6(3)10/h6H,4-5,10H2,1-3H3,(H,11,12). The molecule has 1 unspecified atom stereocenters. The molecule has 3 N–H and O–H groups in total. The van der Waals surface area contributed by atoms with Gasteiger partial charge in [0.25, 0.3) is 0 Å². The highest BCUT2D eigenvalue weighted by Crippen LogP contribution is 2.11. The predicted octanol–water partition coefficient (Wildman–Crippen LogP) is 1.55. The van der Waals surface area contributed by atoms with Crippen molar-refractivity contribution in [2.45, 2.75) is 39.7 Å².